The number of Topliss-reactive ketones (excluding diaryl/α,β-unsaturated/α-hetero) is 1. The lowest BCUT2D eigenvalue weighted by atomic mass is 10.0. The zero-order valence-electron chi connectivity index (χ0n) is 22.8. The summed E-state index contributed by atoms with van der Waals surface area (Å²) < 4.78 is 9.20. The van der Waals surface area contributed by atoms with E-state index in [1.54, 1.807) is 26.1 Å². The molecule has 2 aromatic heterocycles. The number of hydrogen-bond donors (Lipinski definition) is 1. The maximum Gasteiger partial charge on any atom is 0.338 e. The van der Waals surface area contributed by atoms with E-state index >= 15 is 0 Å². The van der Waals surface area contributed by atoms with Crippen LogP contribution in [0.3, 0.4) is 0 Å². The second kappa shape index (κ2) is 10.6. The topological polar surface area (TPSA) is 120 Å². The van der Waals surface area contributed by atoms with Gasteiger partial charge in [0.05, 0.1) is 18.7 Å². The van der Waals surface area contributed by atoms with Crippen molar-refractivity contribution in [2.45, 2.75) is 46.3 Å². The van der Waals surface area contributed by atoms with E-state index in [1.165, 1.54) is 16.7 Å². The third kappa shape index (κ3) is 4.71. The number of benzene rings is 1. The summed E-state index contributed by atoms with van der Waals surface area (Å²) >= 11 is 0. The van der Waals surface area contributed by atoms with Crippen molar-refractivity contribution in [3.05, 3.63) is 67.9 Å². The number of aromatic nitrogens is 4. The Morgan fingerprint density at radius 1 is 1.13 bits per heavy atom. The number of anilines is 1. The van der Waals surface area contributed by atoms with Crippen molar-refractivity contribution in [3.63, 3.8) is 0 Å². The lowest BCUT2D eigenvalue weighted by molar-refractivity contribution is 0.0523. The van der Waals surface area contributed by atoms with Gasteiger partial charge in [0.15, 0.2) is 16.9 Å². The Morgan fingerprint density at radius 3 is 2.59 bits per heavy atom. The summed E-state index contributed by atoms with van der Waals surface area (Å²) in [5.41, 5.74) is 0.602. The van der Waals surface area contributed by atoms with Crippen LogP contribution in [0.25, 0.3) is 11.2 Å². The minimum absolute atomic E-state index is 0.0972. The average molecular weight is 535 g/mol. The first-order chi connectivity index (χ1) is 18.7. The summed E-state index contributed by atoms with van der Waals surface area (Å²) in [6.45, 7) is 8.31. The van der Waals surface area contributed by atoms with Crippen LogP contribution in [0.1, 0.15) is 47.9 Å². The molecule has 2 aliphatic rings. The molecule has 2 unspecified atom stereocenters. The Labute approximate surface area is 225 Å². The first kappa shape index (κ1) is 26.6. The van der Waals surface area contributed by atoms with Crippen molar-refractivity contribution in [2.24, 2.45) is 13.0 Å². The number of esters is 1. The molecule has 4 heterocycles. The fraction of sp³-hybridized carbons (Fsp3) is 0.464. The van der Waals surface area contributed by atoms with E-state index < -0.39 is 29.5 Å². The number of hydrogen-bond acceptors (Lipinski definition) is 8. The molecular weight excluding hydrogens is 500 g/mol. The number of ether oxygens (including phenoxy) is 1. The predicted octanol–water partition coefficient (Wildman–Crippen LogP) is 1.72. The van der Waals surface area contributed by atoms with Crippen LogP contribution in [0, 0.1) is 5.92 Å². The number of aryl methyl sites for hydroxylation is 1. The van der Waals surface area contributed by atoms with Gasteiger partial charge in [0, 0.05) is 44.8 Å². The van der Waals surface area contributed by atoms with E-state index in [9.17, 15) is 19.2 Å². The lowest BCUT2D eigenvalue weighted by Crippen LogP contribution is -2.41. The van der Waals surface area contributed by atoms with Crippen LogP contribution in [0.5, 0.6) is 0 Å². The van der Waals surface area contributed by atoms with Gasteiger partial charge in [0.2, 0.25) is 5.95 Å². The number of imidazole rings is 1. The summed E-state index contributed by atoms with van der Waals surface area (Å²) in [6, 6.07) is 6.53. The molecule has 2 fully saturated rings. The van der Waals surface area contributed by atoms with Crippen molar-refractivity contribution in [1.29, 1.82) is 0 Å². The van der Waals surface area contributed by atoms with Crippen LogP contribution < -0.4 is 21.5 Å². The molecule has 3 aromatic rings. The van der Waals surface area contributed by atoms with Gasteiger partial charge >= 0.3 is 11.7 Å². The minimum Gasteiger partial charge on any atom is -0.462 e. The third-order valence-electron chi connectivity index (χ3n) is 7.62. The number of nitrogens with one attached hydrogen (secondary N) is 1. The smallest absolute Gasteiger partial charge is 0.338 e. The van der Waals surface area contributed by atoms with E-state index in [0.717, 1.165) is 36.2 Å². The third-order valence-corrected chi connectivity index (χ3v) is 7.62. The highest BCUT2D eigenvalue weighted by Gasteiger charge is 2.40. The van der Waals surface area contributed by atoms with Crippen LogP contribution in [-0.2, 0) is 24.9 Å². The number of fused-ring (bicyclic) bond motifs is 2. The van der Waals surface area contributed by atoms with Crippen LogP contribution in [0.4, 0.5) is 5.95 Å². The molecule has 11 heteroatoms. The summed E-state index contributed by atoms with van der Waals surface area (Å²) in [5, 5.41) is 3.44. The summed E-state index contributed by atoms with van der Waals surface area (Å²) in [7, 11) is 1.56. The molecule has 0 bridgehead atoms. The van der Waals surface area contributed by atoms with E-state index in [1.807, 2.05) is 24.5 Å². The highest BCUT2D eigenvalue weighted by molar-refractivity contribution is 6.06. The Kier molecular flexibility index (Phi) is 7.26. The Hall–Kier alpha value is -3.99. The van der Waals surface area contributed by atoms with Gasteiger partial charge in [-0.3, -0.25) is 18.7 Å². The van der Waals surface area contributed by atoms with Gasteiger partial charge < -0.3 is 19.5 Å². The number of carbonyl (C=O) groups is 2. The number of allylic oxidation sites excluding steroid dienone is 2. The molecule has 2 aliphatic heterocycles. The van der Waals surface area contributed by atoms with Crippen LogP contribution in [0.15, 0.2) is 45.5 Å². The van der Waals surface area contributed by atoms with E-state index in [0.29, 0.717) is 18.4 Å². The second-order valence-electron chi connectivity index (χ2n) is 10.4. The van der Waals surface area contributed by atoms with Gasteiger partial charge in [-0.25, -0.2) is 9.59 Å². The molecule has 0 radical (unpaired) electrons. The molecule has 0 saturated carbocycles. The highest BCUT2D eigenvalue weighted by atomic mass is 16.5. The Balaban J connectivity index is 1.63. The number of rotatable bonds is 8. The minimum atomic E-state index is -0.644. The molecule has 2 atom stereocenters. The predicted molar refractivity (Wildman–Crippen MR) is 148 cm³/mol. The van der Waals surface area contributed by atoms with Crippen molar-refractivity contribution in [2.75, 3.05) is 31.1 Å². The monoisotopic (exact) mass is 534 g/mol. The zero-order valence-corrected chi connectivity index (χ0v) is 22.8. The van der Waals surface area contributed by atoms with Crippen molar-refractivity contribution in [3.8, 4) is 0 Å². The maximum absolute atomic E-state index is 13.9. The van der Waals surface area contributed by atoms with Gasteiger partial charge in [-0.1, -0.05) is 29.8 Å². The van der Waals surface area contributed by atoms with E-state index in [2.05, 4.69) is 10.2 Å². The molecule has 11 nitrogen and oxygen atoms in total. The molecule has 0 aliphatic carbocycles. The molecule has 1 N–H and O–H groups in total. The fourth-order valence-corrected chi connectivity index (χ4v) is 5.60. The Morgan fingerprint density at radius 2 is 1.87 bits per heavy atom. The number of carbonyl (C=O) groups excluding carboxylic acids is 2. The number of ketones is 1. The van der Waals surface area contributed by atoms with Gasteiger partial charge in [0.1, 0.15) is 0 Å². The maximum atomic E-state index is 13.9. The summed E-state index contributed by atoms with van der Waals surface area (Å²) in [6.07, 6.45) is 3.04. The van der Waals surface area contributed by atoms with Crippen LogP contribution in [-0.4, -0.2) is 62.7 Å². The fourth-order valence-electron chi connectivity index (χ4n) is 5.60. The summed E-state index contributed by atoms with van der Waals surface area (Å²) in [5.74, 6) is 0.000862. The lowest BCUT2D eigenvalue weighted by Gasteiger charge is -2.25. The standard InChI is InChI=1S/C28H34N6O5/c1-5-39-26(37)20-9-7-6-8-19(20)22(35)16-34-25(36)23-24(31(4)28(34)38)30-27(33(23)12-10-17(2)3)32-13-11-18-14-29-15-21(18)32/h6-10,18,21,29H,5,11-16H2,1-4H3. The van der Waals surface area contributed by atoms with Crippen molar-refractivity contribution >= 4 is 28.9 Å². The molecule has 5 rings (SSSR count). The highest BCUT2D eigenvalue weighted by Crippen LogP contribution is 2.32. The molecule has 2 saturated heterocycles. The summed E-state index contributed by atoms with van der Waals surface area (Å²) in [4.78, 5) is 60.1. The normalized spacial score (nSPS) is 18.4. The Bertz CT molecular complexity index is 1590. The average Bonchev–Trinajstić information content (AvgIpc) is 3.63. The van der Waals surface area contributed by atoms with Crippen molar-refractivity contribution < 1.29 is 14.3 Å². The quantitative estimate of drug-likeness (QED) is 0.264. The largest absolute Gasteiger partial charge is 0.462 e. The van der Waals surface area contributed by atoms with E-state index in [4.69, 9.17) is 9.72 Å². The number of nitrogens with zero attached hydrogens (tertiary/aromatic N) is 5. The van der Waals surface area contributed by atoms with Gasteiger partial charge in [-0.2, -0.15) is 4.98 Å². The first-order valence-corrected chi connectivity index (χ1v) is 13.3. The molecule has 1 aromatic carbocycles. The van der Waals surface area contributed by atoms with Gasteiger partial charge in [-0.05, 0) is 39.2 Å². The van der Waals surface area contributed by atoms with Gasteiger partial charge in [-0.15, -0.1) is 0 Å². The molecule has 0 amide bonds. The van der Waals surface area contributed by atoms with Crippen LogP contribution in [0.2, 0.25) is 0 Å². The first-order valence-electron chi connectivity index (χ1n) is 13.3. The molecule has 39 heavy (non-hydrogen) atoms. The second-order valence-corrected chi connectivity index (χ2v) is 10.4. The molecule has 206 valence electrons. The SMILES string of the molecule is CCOC(=O)c1ccccc1C(=O)Cn1c(=O)c2c(nc(N3CCC4CNCC43)n2CC=C(C)C)n(C)c1=O. The van der Waals surface area contributed by atoms with Gasteiger partial charge in [0.25, 0.3) is 5.56 Å². The van der Waals surface area contributed by atoms with Crippen LogP contribution >= 0.6 is 0 Å². The zero-order chi connectivity index (χ0) is 27.8. The van der Waals surface area contributed by atoms with E-state index in [-0.39, 0.29) is 34.9 Å². The molecular formula is C28H34N6O5. The molecule has 0 spiro atoms. The van der Waals surface area contributed by atoms with Crippen molar-refractivity contribution in [1.82, 2.24) is 24.0 Å².